The fourth-order valence-corrected chi connectivity index (χ4v) is 3.92. The Hall–Kier alpha value is -2.37. The molecule has 2 aliphatic heterocycles. The number of piperidine rings is 1. The second-order valence-corrected chi connectivity index (χ2v) is 7.47. The van der Waals surface area contributed by atoms with Gasteiger partial charge in [0.05, 0.1) is 5.92 Å². The lowest BCUT2D eigenvalue weighted by Gasteiger charge is -2.34. The normalized spacial score (nSPS) is 22.8. The van der Waals surface area contributed by atoms with Crippen LogP contribution in [-0.4, -0.2) is 48.3 Å². The molecule has 146 valence electrons. The van der Waals surface area contributed by atoms with Gasteiger partial charge in [0.15, 0.2) is 0 Å². The van der Waals surface area contributed by atoms with Gasteiger partial charge in [-0.1, -0.05) is 26.0 Å². The number of anilines is 1. The second kappa shape index (κ2) is 8.55. The topological polar surface area (TPSA) is 69.7 Å². The van der Waals surface area contributed by atoms with Crippen LogP contribution in [0.3, 0.4) is 0 Å². The van der Waals surface area contributed by atoms with Crippen LogP contribution in [0.1, 0.15) is 45.1 Å². The molecule has 27 heavy (non-hydrogen) atoms. The quantitative estimate of drug-likeness (QED) is 0.862. The van der Waals surface area contributed by atoms with Crippen molar-refractivity contribution in [3.63, 3.8) is 0 Å². The number of hydrogen-bond acceptors (Lipinski definition) is 3. The Bertz CT molecular complexity index is 701. The van der Waals surface area contributed by atoms with Crippen molar-refractivity contribution in [3.05, 3.63) is 29.8 Å². The molecule has 1 aromatic carbocycles. The first kappa shape index (κ1) is 19.4. The molecule has 6 heteroatoms. The Labute approximate surface area is 160 Å². The van der Waals surface area contributed by atoms with Crippen LogP contribution in [0.25, 0.3) is 0 Å². The number of carbonyl (C=O) groups excluding carboxylic acids is 3. The van der Waals surface area contributed by atoms with Gasteiger partial charge in [0, 0.05) is 44.2 Å². The number of hydrogen-bond donors (Lipinski definition) is 1. The summed E-state index contributed by atoms with van der Waals surface area (Å²) in [5, 5.41) is 2.99. The SMILES string of the molecule is CCC(=O)NC1CCCN(C(=O)C2CC(=O)N(c3ccc(CC)cc3)C2)C1. The monoisotopic (exact) mass is 371 g/mol. The third-order valence-electron chi connectivity index (χ3n) is 5.55. The van der Waals surface area contributed by atoms with Crippen molar-refractivity contribution in [2.24, 2.45) is 5.92 Å². The van der Waals surface area contributed by atoms with Crippen LogP contribution in [0.2, 0.25) is 0 Å². The number of benzene rings is 1. The van der Waals surface area contributed by atoms with E-state index in [0.29, 0.717) is 26.1 Å². The number of aryl methyl sites for hydroxylation is 1. The van der Waals surface area contributed by atoms with Crippen LogP contribution in [0.5, 0.6) is 0 Å². The lowest BCUT2D eigenvalue weighted by Crippen LogP contribution is -2.51. The number of rotatable bonds is 5. The van der Waals surface area contributed by atoms with Gasteiger partial charge in [-0.15, -0.1) is 0 Å². The molecular formula is C21H29N3O3. The van der Waals surface area contributed by atoms with Crippen LogP contribution in [-0.2, 0) is 20.8 Å². The van der Waals surface area contributed by atoms with Gasteiger partial charge in [-0.25, -0.2) is 0 Å². The number of nitrogens with one attached hydrogen (secondary N) is 1. The molecule has 2 unspecified atom stereocenters. The summed E-state index contributed by atoms with van der Waals surface area (Å²) in [6.45, 7) is 5.60. The maximum Gasteiger partial charge on any atom is 0.228 e. The molecule has 2 fully saturated rings. The number of carbonyl (C=O) groups is 3. The van der Waals surface area contributed by atoms with Gasteiger partial charge >= 0.3 is 0 Å². The summed E-state index contributed by atoms with van der Waals surface area (Å²) in [5.74, 6) is -0.243. The fourth-order valence-electron chi connectivity index (χ4n) is 3.92. The Morgan fingerprint density at radius 2 is 1.89 bits per heavy atom. The molecule has 2 heterocycles. The standard InChI is InChI=1S/C21H29N3O3/c1-3-15-7-9-18(10-8-15)24-13-16(12-20(24)26)21(27)23-11-5-6-17(14-23)22-19(25)4-2/h7-10,16-17H,3-6,11-14H2,1-2H3,(H,22,25). The molecule has 0 bridgehead atoms. The van der Waals surface area contributed by atoms with Crippen molar-refractivity contribution in [1.29, 1.82) is 0 Å². The Kier molecular flexibility index (Phi) is 6.14. The largest absolute Gasteiger partial charge is 0.352 e. The summed E-state index contributed by atoms with van der Waals surface area (Å²) in [5.41, 5.74) is 2.09. The van der Waals surface area contributed by atoms with Crippen molar-refractivity contribution in [3.8, 4) is 0 Å². The van der Waals surface area contributed by atoms with E-state index in [-0.39, 0.29) is 36.1 Å². The molecule has 0 radical (unpaired) electrons. The lowest BCUT2D eigenvalue weighted by molar-refractivity contribution is -0.137. The van der Waals surface area contributed by atoms with E-state index >= 15 is 0 Å². The smallest absolute Gasteiger partial charge is 0.228 e. The van der Waals surface area contributed by atoms with E-state index in [0.717, 1.165) is 24.9 Å². The number of nitrogens with zero attached hydrogens (tertiary/aromatic N) is 2. The molecular weight excluding hydrogens is 342 g/mol. The average Bonchev–Trinajstić information content (AvgIpc) is 3.09. The van der Waals surface area contributed by atoms with E-state index in [2.05, 4.69) is 12.2 Å². The maximum absolute atomic E-state index is 13.0. The molecule has 3 amide bonds. The van der Waals surface area contributed by atoms with Gasteiger partial charge in [-0.2, -0.15) is 0 Å². The summed E-state index contributed by atoms with van der Waals surface area (Å²) < 4.78 is 0. The highest BCUT2D eigenvalue weighted by atomic mass is 16.2. The van der Waals surface area contributed by atoms with Crippen molar-refractivity contribution in [2.45, 2.75) is 52.0 Å². The highest BCUT2D eigenvalue weighted by Crippen LogP contribution is 2.27. The molecule has 3 rings (SSSR count). The summed E-state index contributed by atoms with van der Waals surface area (Å²) in [6.07, 6.45) is 3.45. The van der Waals surface area contributed by atoms with Crippen LogP contribution in [0.4, 0.5) is 5.69 Å². The minimum atomic E-state index is -0.302. The average molecular weight is 371 g/mol. The highest BCUT2D eigenvalue weighted by molar-refractivity contribution is 6.00. The predicted octanol–water partition coefficient (Wildman–Crippen LogP) is 2.12. The molecule has 6 nitrogen and oxygen atoms in total. The minimum absolute atomic E-state index is 0.00504. The van der Waals surface area contributed by atoms with E-state index in [1.807, 2.05) is 36.1 Å². The van der Waals surface area contributed by atoms with E-state index in [1.54, 1.807) is 4.90 Å². The summed E-state index contributed by atoms with van der Waals surface area (Å²) >= 11 is 0. The molecule has 1 aromatic rings. The second-order valence-electron chi connectivity index (χ2n) is 7.47. The first-order chi connectivity index (χ1) is 13.0. The van der Waals surface area contributed by atoms with Crippen LogP contribution in [0, 0.1) is 5.92 Å². The Morgan fingerprint density at radius 3 is 2.56 bits per heavy atom. The van der Waals surface area contributed by atoms with Crippen LogP contribution >= 0.6 is 0 Å². The van der Waals surface area contributed by atoms with Crippen molar-refractivity contribution in [1.82, 2.24) is 10.2 Å². The van der Waals surface area contributed by atoms with E-state index in [4.69, 9.17) is 0 Å². The van der Waals surface area contributed by atoms with E-state index in [1.165, 1.54) is 5.56 Å². The minimum Gasteiger partial charge on any atom is -0.352 e. The van der Waals surface area contributed by atoms with E-state index < -0.39 is 0 Å². The number of amides is 3. The summed E-state index contributed by atoms with van der Waals surface area (Å²) in [6, 6.07) is 8.00. The predicted molar refractivity (Wildman–Crippen MR) is 104 cm³/mol. The van der Waals surface area contributed by atoms with Crippen molar-refractivity contribution < 1.29 is 14.4 Å². The molecule has 0 aromatic heterocycles. The molecule has 0 spiro atoms. The van der Waals surface area contributed by atoms with Gasteiger partial charge in [-0.3, -0.25) is 14.4 Å². The maximum atomic E-state index is 13.0. The van der Waals surface area contributed by atoms with Crippen LogP contribution in [0.15, 0.2) is 24.3 Å². The van der Waals surface area contributed by atoms with Crippen molar-refractivity contribution >= 4 is 23.4 Å². The highest BCUT2D eigenvalue weighted by Gasteiger charge is 2.38. The first-order valence-electron chi connectivity index (χ1n) is 9.99. The van der Waals surface area contributed by atoms with E-state index in [9.17, 15) is 14.4 Å². The number of likely N-dealkylation sites (tertiary alicyclic amines) is 1. The third kappa shape index (κ3) is 4.49. The van der Waals surface area contributed by atoms with Gasteiger partial charge < -0.3 is 15.1 Å². The van der Waals surface area contributed by atoms with Crippen LogP contribution < -0.4 is 10.2 Å². The van der Waals surface area contributed by atoms with Gasteiger partial charge in [0.2, 0.25) is 17.7 Å². The molecule has 0 saturated carbocycles. The fraction of sp³-hybridized carbons (Fsp3) is 0.571. The molecule has 2 atom stereocenters. The summed E-state index contributed by atoms with van der Waals surface area (Å²) in [7, 11) is 0. The lowest BCUT2D eigenvalue weighted by atomic mass is 10.0. The zero-order valence-electron chi connectivity index (χ0n) is 16.2. The Balaban J connectivity index is 1.62. The zero-order chi connectivity index (χ0) is 19.4. The Morgan fingerprint density at radius 1 is 1.15 bits per heavy atom. The van der Waals surface area contributed by atoms with Gasteiger partial charge in [0.1, 0.15) is 0 Å². The first-order valence-corrected chi connectivity index (χ1v) is 9.99. The molecule has 0 aliphatic carbocycles. The zero-order valence-corrected chi connectivity index (χ0v) is 16.2. The summed E-state index contributed by atoms with van der Waals surface area (Å²) in [4.78, 5) is 40.6. The van der Waals surface area contributed by atoms with Gasteiger partial charge in [-0.05, 0) is 37.0 Å². The molecule has 1 N–H and O–H groups in total. The van der Waals surface area contributed by atoms with Crippen molar-refractivity contribution in [2.75, 3.05) is 24.5 Å². The third-order valence-corrected chi connectivity index (χ3v) is 5.55. The molecule has 2 aliphatic rings. The van der Waals surface area contributed by atoms with Gasteiger partial charge in [0.25, 0.3) is 0 Å². The molecule has 2 saturated heterocycles.